The van der Waals surface area contributed by atoms with E-state index in [0.717, 1.165) is 0 Å². The van der Waals surface area contributed by atoms with Crippen molar-refractivity contribution in [3.63, 3.8) is 0 Å². The summed E-state index contributed by atoms with van der Waals surface area (Å²) >= 11 is 1.92. The fourth-order valence-corrected chi connectivity index (χ4v) is 5.27. The Balaban J connectivity index is 1.70. The minimum absolute atomic E-state index is 0.164. The van der Waals surface area contributed by atoms with Crippen LogP contribution >= 0.6 is 11.3 Å². The van der Waals surface area contributed by atoms with E-state index in [0.29, 0.717) is 0 Å². The zero-order valence-corrected chi connectivity index (χ0v) is 17.9. The second kappa shape index (κ2) is 6.86. The van der Waals surface area contributed by atoms with Crippen molar-refractivity contribution in [3.8, 4) is 22.3 Å². The van der Waals surface area contributed by atoms with Crippen LogP contribution in [0.4, 0.5) is 0 Å². The van der Waals surface area contributed by atoms with Crippen molar-refractivity contribution in [2.24, 2.45) is 0 Å². The lowest BCUT2D eigenvalue weighted by Gasteiger charge is -2.18. The number of thiophene rings is 1. The van der Waals surface area contributed by atoms with Crippen LogP contribution in [0.1, 0.15) is 26.3 Å². The van der Waals surface area contributed by atoms with E-state index < -0.39 is 0 Å². The molecule has 0 atom stereocenters. The molecule has 0 unspecified atom stereocenters. The lowest BCUT2D eigenvalue weighted by molar-refractivity contribution is 0.591. The third-order valence-electron chi connectivity index (χ3n) is 5.65. The summed E-state index contributed by atoms with van der Waals surface area (Å²) in [6, 6.07) is 33.2. The lowest BCUT2D eigenvalue weighted by atomic mass is 9.87. The molecule has 29 heavy (non-hydrogen) atoms. The maximum Gasteiger partial charge on any atom is 0.0433 e. The van der Waals surface area contributed by atoms with Crippen LogP contribution in [0.2, 0.25) is 0 Å². The Bertz CT molecular complexity index is 1320. The summed E-state index contributed by atoms with van der Waals surface area (Å²) in [4.78, 5) is 0. The predicted molar refractivity (Wildman–Crippen MR) is 129 cm³/mol. The Morgan fingerprint density at radius 1 is 0.586 bits per heavy atom. The molecule has 142 valence electrons. The Kier molecular flexibility index (Phi) is 4.29. The highest BCUT2D eigenvalue weighted by atomic mass is 32.1. The van der Waals surface area contributed by atoms with Gasteiger partial charge in [0.1, 0.15) is 0 Å². The van der Waals surface area contributed by atoms with Crippen LogP contribution < -0.4 is 0 Å². The average Bonchev–Trinajstić information content (AvgIpc) is 3.12. The number of fused-ring (bicyclic) bond motifs is 3. The smallest absolute Gasteiger partial charge is 0.0433 e. The third-order valence-corrected chi connectivity index (χ3v) is 6.85. The summed E-state index contributed by atoms with van der Waals surface area (Å²) in [5.41, 5.74) is 6.67. The highest BCUT2D eigenvalue weighted by Crippen LogP contribution is 2.41. The molecule has 1 heterocycles. The second-order valence-corrected chi connectivity index (χ2v) is 9.74. The van der Waals surface area contributed by atoms with Gasteiger partial charge in [0.25, 0.3) is 0 Å². The van der Waals surface area contributed by atoms with Crippen molar-refractivity contribution in [1.29, 1.82) is 0 Å². The van der Waals surface area contributed by atoms with Crippen LogP contribution in [0.25, 0.3) is 42.4 Å². The summed E-state index contributed by atoms with van der Waals surface area (Å²) in [6.45, 7) is 6.84. The lowest BCUT2D eigenvalue weighted by Crippen LogP contribution is -2.10. The van der Waals surface area contributed by atoms with Crippen LogP contribution in [-0.2, 0) is 5.41 Å². The van der Waals surface area contributed by atoms with E-state index in [1.54, 1.807) is 0 Å². The quantitative estimate of drug-likeness (QED) is 0.282. The topological polar surface area (TPSA) is 0 Å². The first-order valence-corrected chi connectivity index (χ1v) is 10.9. The van der Waals surface area contributed by atoms with E-state index in [4.69, 9.17) is 0 Å². The third kappa shape index (κ3) is 3.26. The normalized spacial score (nSPS) is 12.0. The minimum atomic E-state index is 0.164. The molecule has 1 aromatic heterocycles. The van der Waals surface area contributed by atoms with Crippen LogP contribution in [0.15, 0.2) is 91.0 Å². The zero-order valence-electron chi connectivity index (χ0n) is 17.1. The van der Waals surface area contributed by atoms with Gasteiger partial charge in [-0.05, 0) is 45.4 Å². The monoisotopic (exact) mass is 392 g/mol. The zero-order chi connectivity index (χ0) is 20.0. The maximum absolute atomic E-state index is 2.38. The fraction of sp³-hybridized carbons (Fsp3) is 0.143. The summed E-state index contributed by atoms with van der Waals surface area (Å²) in [7, 11) is 0. The van der Waals surface area contributed by atoms with Gasteiger partial charge in [0.05, 0.1) is 0 Å². The SMILES string of the molecule is CC(C)(C)c1ccc2c(c1)sc1c(-c3cccc(-c4ccccc4)c3)cccc12. The fourth-order valence-electron chi connectivity index (χ4n) is 3.99. The van der Waals surface area contributed by atoms with Crippen LogP contribution in [0, 0.1) is 0 Å². The molecule has 0 spiro atoms. The van der Waals surface area contributed by atoms with Crippen LogP contribution in [-0.4, -0.2) is 0 Å². The molecule has 0 aliphatic rings. The highest BCUT2D eigenvalue weighted by Gasteiger charge is 2.16. The summed E-state index contributed by atoms with van der Waals surface area (Å²) in [6.07, 6.45) is 0. The molecule has 0 aliphatic heterocycles. The first-order chi connectivity index (χ1) is 14.0. The van der Waals surface area contributed by atoms with Gasteiger partial charge in [-0.2, -0.15) is 0 Å². The molecule has 4 aromatic carbocycles. The number of hydrogen-bond donors (Lipinski definition) is 0. The van der Waals surface area contributed by atoms with Gasteiger partial charge < -0.3 is 0 Å². The Morgan fingerprint density at radius 3 is 2.10 bits per heavy atom. The molecular formula is C28H24S. The molecule has 0 saturated carbocycles. The van der Waals surface area contributed by atoms with Crippen molar-refractivity contribution >= 4 is 31.5 Å². The van der Waals surface area contributed by atoms with Gasteiger partial charge in [0, 0.05) is 20.2 Å². The minimum Gasteiger partial charge on any atom is -0.135 e. The van der Waals surface area contributed by atoms with E-state index in [1.807, 2.05) is 11.3 Å². The standard InChI is InChI=1S/C28H24S/c1-28(2,3)22-15-16-24-25-14-8-13-23(27(25)29-26(24)18-22)21-12-7-11-20(17-21)19-9-5-4-6-10-19/h4-18H,1-3H3. The molecule has 0 nitrogen and oxygen atoms in total. The molecule has 1 heteroatoms. The van der Waals surface area contributed by atoms with E-state index in [-0.39, 0.29) is 5.41 Å². The van der Waals surface area contributed by atoms with Crippen molar-refractivity contribution in [1.82, 2.24) is 0 Å². The molecule has 5 rings (SSSR count). The van der Waals surface area contributed by atoms with Gasteiger partial charge in [0.2, 0.25) is 0 Å². The van der Waals surface area contributed by atoms with Crippen molar-refractivity contribution in [3.05, 3.63) is 96.6 Å². The first-order valence-electron chi connectivity index (χ1n) is 10.1. The van der Waals surface area contributed by atoms with Gasteiger partial charge in [-0.3, -0.25) is 0 Å². The molecule has 0 bridgehead atoms. The van der Waals surface area contributed by atoms with Crippen LogP contribution in [0.5, 0.6) is 0 Å². The average molecular weight is 393 g/mol. The molecule has 5 aromatic rings. The highest BCUT2D eigenvalue weighted by molar-refractivity contribution is 7.26. The Labute approximate surface area is 176 Å². The van der Waals surface area contributed by atoms with Gasteiger partial charge in [-0.15, -0.1) is 11.3 Å². The van der Waals surface area contributed by atoms with E-state index in [9.17, 15) is 0 Å². The maximum atomic E-state index is 2.38. The van der Waals surface area contributed by atoms with Gasteiger partial charge in [-0.1, -0.05) is 99.6 Å². The van der Waals surface area contributed by atoms with E-state index in [2.05, 4.69) is 112 Å². The van der Waals surface area contributed by atoms with Gasteiger partial charge >= 0.3 is 0 Å². The van der Waals surface area contributed by atoms with Crippen molar-refractivity contribution in [2.45, 2.75) is 26.2 Å². The summed E-state index contributed by atoms with van der Waals surface area (Å²) in [5.74, 6) is 0. The Morgan fingerprint density at radius 2 is 1.31 bits per heavy atom. The molecule has 0 saturated heterocycles. The largest absolute Gasteiger partial charge is 0.135 e. The molecular weight excluding hydrogens is 368 g/mol. The van der Waals surface area contributed by atoms with E-state index in [1.165, 1.54) is 48.0 Å². The van der Waals surface area contributed by atoms with Crippen LogP contribution in [0.3, 0.4) is 0 Å². The first kappa shape index (κ1) is 18.1. The molecule has 0 fully saturated rings. The number of rotatable bonds is 2. The summed E-state index contributed by atoms with van der Waals surface area (Å²) < 4.78 is 2.75. The Hall–Kier alpha value is -2.90. The molecule has 0 N–H and O–H groups in total. The predicted octanol–water partition coefficient (Wildman–Crippen LogP) is 8.69. The van der Waals surface area contributed by atoms with E-state index >= 15 is 0 Å². The number of benzene rings is 4. The second-order valence-electron chi connectivity index (χ2n) is 8.69. The molecule has 0 radical (unpaired) electrons. The van der Waals surface area contributed by atoms with Crippen molar-refractivity contribution in [2.75, 3.05) is 0 Å². The van der Waals surface area contributed by atoms with Crippen molar-refractivity contribution < 1.29 is 0 Å². The summed E-state index contributed by atoms with van der Waals surface area (Å²) in [5, 5.41) is 2.71. The molecule has 0 aliphatic carbocycles. The molecule has 0 amide bonds. The van der Waals surface area contributed by atoms with Gasteiger partial charge in [-0.25, -0.2) is 0 Å². The number of hydrogen-bond acceptors (Lipinski definition) is 1. The van der Waals surface area contributed by atoms with Gasteiger partial charge in [0.15, 0.2) is 0 Å².